The van der Waals surface area contributed by atoms with Crippen molar-refractivity contribution in [3.8, 4) is 0 Å². The van der Waals surface area contributed by atoms with E-state index in [4.69, 9.17) is 0 Å². The van der Waals surface area contributed by atoms with E-state index in [9.17, 15) is 0 Å². The minimum Gasteiger partial charge on any atom is -0.134 e. The summed E-state index contributed by atoms with van der Waals surface area (Å²) >= 11 is 0. The van der Waals surface area contributed by atoms with Crippen molar-refractivity contribution in [2.45, 2.75) is 32.9 Å². The first-order valence-corrected chi connectivity index (χ1v) is 4.60. The molecule has 54 valence electrons. The molecule has 0 aromatic carbocycles. The Hall–Kier alpha value is 0.430. The highest BCUT2D eigenvalue weighted by molar-refractivity contribution is 7.17. The van der Waals surface area contributed by atoms with Crippen LogP contribution in [0.5, 0.6) is 0 Å². The third kappa shape index (κ3) is 1.03. The van der Waals surface area contributed by atoms with Gasteiger partial charge in [0.05, 0.1) is 0 Å². The normalized spacial score (nSPS) is 50.7. The van der Waals surface area contributed by atoms with Crippen LogP contribution >= 0.6 is 9.24 Å². The third-order valence-corrected chi connectivity index (χ3v) is 4.18. The molecule has 0 heterocycles. The van der Waals surface area contributed by atoms with Crippen LogP contribution in [0.2, 0.25) is 0 Å². The lowest BCUT2D eigenvalue weighted by atomic mass is 9.65. The number of hydrogen-bond acceptors (Lipinski definition) is 0. The van der Waals surface area contributed by atoms with Crippen molar-refractivity contribution in [2.75, 3.05) is 0 Å². The van der Waals surface area contributed by atoms with Gasteiger partial charge in [0.25, 0.3) is 0 Å². The van der Waals surface area contributed by atoms with Gasteiger partial charge in [-0.25, -0.2) is 0 Å². The fourth-order valence-corrected chi connectivity index (χ4v) is 2.95. The maximum absolute atomic E-state index is 2.97. The molecule has 1 rings (SSSR count). The minimum absolute atomic E-state index is 0.907. The van der Waals surface area contributed by atoms with Gasteiger partial charge in [0.1, 0.15) is 0 Å². The Morgan fingerprint density at radius 2 is 1.78 bits per heavy atom. The lowest BCUT2D eigenvalue weighted by molar-refractivity contribution is 0.112. The molecule has 0 N–H and O–H groups in total. The van der Waals surface area contributed by atoms with E-state index in [0.717, 1.165) is 23.4 Å². The van der Waals surface area contributed by atoms with E-state index < -0.39 is 0 Å². The van der Waals surface area contributed by atoms with E-state index in [1.165, 1.54) is 6.42 Å². The summed E-state index contributed by atoms with van der Waals surface area (Å²) in [5.41, 5.74) is 0.907. The Balaban J connectivity index is 2.41. The highest BCUT2D eigenvalue weighted by atomic mass is 31.0. The summed E-state index contributed by atoms with van der Waals surface area (Å²) in [6.07, 6.45) is 1.36. The van der Waals surface area contributed by atoms with Crippen LogP contribution in [0.4, 0.5) is 0 Å². The van der Waals surface area contributed by atoms with Crippen LogP contribution in [0.1, 0.15) is 27.2 Å². The van der Waals surface area contributed by atoms with Gasteiger partial charge in [-0.1, -0.05) is 27.2 Å². The topological polar surface area (TPSA) is 0 Å². The minimum atomic E-state index is 0.907. The second-order valence-electron chi connectivity index (χ2n) is 3.37. The average Bonchev–Trinajstić information content (AvgIpc) is 1.89. The Bertz CT molecular complexity index is 90.7. The molecule has 1 aliphatic carbocycles. The second kappa shape index (κ2) is 2.58. The number of rotatable bonds is 1. The largest absolute Gasteiger partial charge is 0.134 e. The molecule has 0 nitrogen and oxygen atoms in total. The molecule has 5 unspecified atom stereocenters. The predicted molar refractivity (Wildman–Crippen MR) is 45.6 cm³/mol. The fraction of sp³-hybridized carbons (Fsp3) is 1.00. The maximum Gasteiger partial charge on any atom is -0.0205 e. The van der Waals surface area contributed by atoms with Crippen molar-refractivity contribution in [1.82, 2.24) is 0 Å². The van der Waals surface area contributed by atoms with Crippen molar-refractivity contribution in [1.29, 1.82) is 0 Å². The molecule has 0 bridgehead atoms. The zero-order valence-electron chi connectivity index (χ0n) is 6.59. The summed E-state index contributed by atoms with van der Waals surface area (Å²) in [6, 6.07) is 0. The molecular formula is C8H17P. The van der Waals surface area contributed by atoms with Crippen molar-refractivity contribution in [3.05, 3.63) is 0 Å². The maximum atomic E-state index is 2.97. The van der Waals surface area contributed by atoms with Gasteiger partial charge in [0.2, 0.25) is 0 Å². The van der Waals surface area contributed by atoms with E-state index in [-0.39, 0.29) is 0 Å². The fourth-order valence-electron chi connectivity index (χ4n) is 1.98. The molecule has 0 amide bonds. The van der Waals surface area contributed by atoms with Gasteiger partial charge >= 0.3 is 0 Å². The van der Waals surface area contributed by atoms with E-state index in [1.54, 1.807) is 0 Å². The van der Waals surface area contributed by atoms with E-state index >= 15 is 0 Å². The van der Waals surface area contributed by atoms with Crippen LogP contribution in [0.15, 0.2) is 0 Å². The average molecular weight is 144 g/mol. The molecule has 0 spiro atoms. The molecule has 0 saturated heterocycles. The van der Waals surface area contributed by atoms with Crippen LogP contribution in [0.25, 0.3) is 0 Å². The summed E-state index contributed by atoms with van der Waals surface area (Å²) in [6.45, 7) is 7.03. The quantitative estimate of drug-likeness (QED) is 0.496. The van der Waals surface area contributed by atoms with E-state index in [2.05, 4.69) is 30.0 Å². The van der Waals surface area contributed by atoms with Crippen LogP contribution in [-0.2, 0) is 0 Å². The zero-order valence-corrected chi connectivity index (χ0v) is 7.75. The Labute approximate surface area is 60.6 Å². The first kappa shape index (κ1) is 7.54. The summed E-state index contributed by atoms with van der Waals surface area (Å²) in [5.74, 6) is 2.91. The van der Waals surface area contributed by atoms with Crippen molar-refractivity contribution in [3.63, 3.8) is 0 Å². The molecule has 9 heavy (non-hydrogen) atoms. The van der Waals surface area contributed by atoms with Gasteiger partial charge in [-0.15, -0.1) is 9.24 Å². The van der Waals surface area contributed by atoms with Gasteiger partial charge < -0.3 is 0 Å². The summed E-state index contributed by atoms with van der Waals surface area (Å²) in [5, 5.41) is 0. The van der Waals surface area contributed by atoms with Crippen LogP contribution in [0, 0.1) is 17.8 Å². The summed E-state index contributed by atoms with van der Waals surface area (Å²) in [4.78, 5) is 0. The molecule has 1 fully saturated rings. The van der Waals surface area contributed by atoms with Crippen molar-refractivity contribution in [2.24, 2.45) is 17.8 Å². The van der Waals surface area contributed by atoms with Crippen molar-refractivity contribution < 1.29 is 0 Å². The van der Waals surface area contributed by atoms with Gasteiger partial charge in [0.15, 0.2) is 0 Å². The molecule has 0 aromatic rings. The van der Waals surface area contributed by atoms with Crippen LogP contribution in [-0.4, -0.2) is 5.66 Å². The zero-order chi connectivity index (χ0) is 7.02. The first-order valence-electron chi connectivity index (χ1n) is 3.94. The van der Waals surface area contributed by atoms with Gasteiger partial charge in [-0.3, -0.25) is 0 Å². The SMILES string of the molecule is CCC1C(C)C(C)C1P. The molecule has 1 heteroatoms. The highest BCUT2D eigenvalue weighted by Crippen LogP contribution is 2.46. The van der Waals surface area contributed by atoms with Gasteiger partial charge in [0, 0.05) is 0 Å². The third-order valence-electron chi connectivity index (χ3n) is 3.08. The molecule has 1 aliphatic rings. The Kier molecular flexibility index (Phi) is 2.16. The lowest BCUT2D eigenvalue weighted by Crippen LogP contribution is -2.43. The second-order valence-corrected chi connectivity index (χ2v) is 4.14. The van der Waals surface area contributed by atoms with Gasteiger partial charge in [-0.2, -0.15) is 0 Å². The lowest BCUT2D eigenvalue weighted by Gasteiger charge is -2.47. The summed E-state index contributed by atoms with van der Waals surface area (Å²) in [7, 11) is 2.97. The Morgan fingerprint density at radius 1 is 1.22 bits per heavy atom. The molecule has 5 atom stereocenters. The smallest absolute Gasteiger partial charge is 0.0205 e. The van der Waals surface area contributed by atoms with Crippen LogP contribution < -0.4 is 0 Å². The molecule has 1 saturated carbocycles. The monoisotopic (exact) mass is 144 g/mol. The Morgan fingerprint density at radius 3 is 2.00 bits per heavy atom. The summed E-state index contributed by atoms with van der Waals surface area (Å²) < 4.78 is 0. The van der Waals surface area contributed by atoms with Crippen molar-refractivity contribution >= 4 is 9.24 Å². The highest BCUT2D eigenvalue weighted by Gasteiger charge is 2.40. The first-order chi connectivity index (χ1) is 4.18. The van der Waals surface area contributed by atoms with Gasteiger partial charge in [-0.05, 0) is 23.4 Å². The molecular weight excluding hydrogens is 127 g/mol. The van der Waals surface area contributed by atoms with Crippen LogP contribution in [0.3, 0.4) is 0 Å². The molecule has 0 aromatic heterocycles. The predicted octanol–water partition coefficient (Wildman–Crippen LogP) is 2.54. The standard InChI is InChI=1S/C8H17P/c1-4-7-5(2)6(3)8(7)9/h5-8H,4,9H2,1-3H3. The number of hydrogen-bond donors (Lipinski definition) is 0. The molecule has 0 radical (unpaired) electrons. The van der Waals surface area contributed by atoms with E-state index in [0.29, 0.717) is 0 Å². The molecule has 0 aliphatic heterocycles. The van der Waals surface area contributed by atoms with E-state index in [1.807, 2.05) is 0 Å².